The molecular formula is C12H15N3O. The first kappa shape index (κ1) is 10.5. The molecule has 0 aliphatic carbocycles. The van der Waals surface area contributed by atoms with Gasteiger partial charge in [-0.15, -0.1) is 5.10 Å². The first-order chi connectivity index (χ1) is 7.74. The molecule has 0 bridgehead atoms. The van der Waals surface area contributed by atoms with Crippen LogP contribution < -0.4 is 10.1 Å². The van der Waals surface area contributed by atoms with E-state index in [1.165, 1.54) is 0 Å². The Morgan fingerprint density at radius 1 is 1.25 bits per heavy atom. The van der Waals surface area contributed by atoms with Gasteiger partial charge in [0.05, 0.1) is 12.8 Å². The van der Waals surface area contributed by atoms with E-state index in [2.05, 4.69) is 10.4 Å². The van der Waals surface area contributed by atoms with Crippen LogP contribution in [0.2, 0.25) is 0 Å². The molecule has 4 heteroatoms. The summed E-state index contributed by atoms with van der Waals surface area (Å²) in [5, 5.41) is 7.41. The van der Waals surface area contributed by atoms with E-state index in [0.29, 0.717) is 5.88 Å². The number of ether oxygens (including phenoxy) is 1. The van der Waals surface area contributed by atoms with Crippen LogP contribution in [0, 0.1) is 6.92 Å². The van der Waals surface area contributed by atoms with Crippen molar-refractivity contribution in [1.82, 2.24) is 9.78 Å². The maximum atomic E-state index is 5.10. The number of methoxy groups -OCH3 is 1. The van der Waals surface area contributed by atoms with Crippen LogP contribution in [0.3, 0.4) is 0 Å². The van der Waals surface area contributed by atoms with Crippen LogP contribution in [0.1, 0.15) is 5.69 Å². The van der Waals surface area contributed by atoms with E-state index >= 15 is 0 Å². The monoisotopic (exact) mass is 217 g/mol. The van der Waals surface area contributed by atoms with E-state index < -0.39 is 0 Å². The molecule has 2 rings (SSSR count). The number of benzene rings is 1. The highest BCUT2D eigenvalue weighted by Gasteiger charge is 2.05. The Hall–Kier alpha value is -1.97. The van der Waals surface area contributed by atoms with Crippen LogP contribution in [-0.2, 0) is 0 Å². The van der Waals surface area contributed by atoms with Crippen molar-refractivity contribution in [3.05, 3.63) is 36.0 Å². The van der Waals surface area contributed by atoms with Gasteiger partial charge in [0.2, 0.25) is 5.88 Å². The highest BCUT2D eigenvalue weighted by Crippen LogP contribution is 2.17. The average molecular weight is 217 g/mol. The summed E-state index contributed by atoms with van der Waals surface area (Å²) in [6.07, 6.45) is 0. The van der Waals surface area contributed by atoms with E-state index in [1.807, 2.05) is 49.0 Å². The largest absolute Gasteiger partial charge is 0.480 e. The molecule has 1 aromatic carbocycles. The topological polar surface area (TPSA) is 39.1 Å². The van der Waals surface area contributed by atoms with Crippen LogP contribution in [-0.4, -0.2) is 23.9 Å². The molecule has 1 heterocycles. The standard InChI is InChI=1S/C12H15N3O/c1-9-8-12(16-3)14-15(9)11-6-4-10(13-2)5-7-11/h4-8,13H,1-3H3. The second-order valence-electron chi connectivity index (χ2n) is 3.54. The highest BCUT2D eigenvalue weighted by molar-refractivity contribution is 5.48. The number of hydrogen-bond acceptors (Lipinski definition) is 3. The fraction of sp³-hybridized carbons (Fsp3) is 0.250. The maximum Gasteiger partial charge on any atom is 0.233 e. The Balaban J connectivity index is 2.38. The molecule has 0 aliphatic heterocycles. The van der Waals surface area contributed by atoms with Gasteiger partial charge in [0.1, 0.15) is 0 Å². The van der Waals surface area contributed by atoms with Crippen LogP contribution in [0.4, 0.5) is 5.69 Å². The summed E-state index contributed by atoms with van der Waals surface area (Å²) in [6.45, 7) is 2.00. The van der Waals surface area contributed by atoms with Crippen LogP contribution in [0.5, 0.6) is 5.88 Å². The molecule has 0 saturated heterocycles. The first-order valence-electron chi connectivity index (χ1n) is 5.13. The number of nitrogens with one attached hydrogen (secondary N) is 1. The zero-order valence-electron chi connectivity index (χ0n) is 9.69. The predicted molar refractivity (Wildman–Crippen MR) is 64.4 cm³/mol. The first-order valence-corrected chi connectivity index (χ1v) is 5.13. The molecular weight excluding hydrogens is 202 g/mol. The van der Waals surface area contributed by atoms with E-state index in [4.69, 9.17) is 4.74 Å². The zero-order chi connectivity index (χ0) is 11.5. The van der Waals surface area contributed by atoms with Gasteiger partial charge in [0.15, 0.2) is 0 Å². The molecule has 0 atom stereocenters. The van der Waals surface area contributed by atoms with Gasteiger partial charge >= 0.3 is 0 Å². The minimum absolute atomic E-state index is 0.634. The molecule has 0 unspecified atom stereocenters. The molecule has 0 saturated carbocycles. The SMILES string of the molecule is CNc1ccc(-n2nc(OC)cc2C)cc1. The third-order valence-electron chi connectivity index (χ3n) is 2.47. The molecule has 0 fully saturated rings. The molecule has 4 nitrogen and oxygen atoms in total. The van der Waals surface area contributed by atoms with E-state index in [0.717, 1.165) is 17.1 Å². The van der Waals surface area contributed by atoms with Crippen molar-refractivity contribution in [2.75, 3.05) is 19.5 Å². The van der Waals surface area contributed by atoms with Gasteiger partial charge in [-0.1, -0.05) is 0 Å². The summed E-state index contributed by atoms with van der Waals surface area (Å²) < 4.78 is 6.96. The average Bonchev–Trinajstić information content (AvgIpc) is 2.71. The van der Waals surface area contributed by atoms with Gasteiger partial charge < -0.3 is 10.1 Å². The van der Waals surface area contributed by atoms with Crippen molar-refractivity contribution >= 4 is 5.69 Å². The smallest absolute Gasteiger partial charge is 0.233 e. The Bertz CT molecular complexity index is 474. The van der Waals surface area contributed by atoms with Crippen molar-refractivity contribution in [1.29, 1.82) is 0 Å². The van der Waals surface area contributed by atoms with Crippen LogP contribution in [0.25, 0.3) is 5.69 Å². The number of rotatable bonds is 3. The molecule has 0 radical (unpaired) electrons. The molecule has 0 amide bonds. The fourth-order valence-electron chi connectivity index (χ4n) is 1.58. The minimum Gasteiger partial charge on any atom is -0.480 e. The van der Waals surface area contributed by atoms with Crippen molar-refractivity contribution in [2.24, 2.45) is 0 Å². The lowest BCUT2D eigenvalue weighted by molar-refractivity contribution is 0.394. The molecule has 1 N–H and O–H groups in total. The second-order valence-corrected chi connectivity index (χ2v) is 3.54. The van der Waals surface area contributed by atoms with Gasteiger partial charge in [0, 0.05) is 24.5 Å². The number of nitrogens with zero attached hydrogens (tertiary/aromatic N) is 2. The summed E-state index contributed by atoms with van der Waals surface area (Å²) in [5.74, 6) is 0.634. The number of anilines is 1. The number of aryl methyl sites for hydroxylation is 1. The van der Waals surface area contributed by atoms with Gasteiger partial charge in [0.25, 0.3) is 0 Å². The quantitative estimate of drug-likeness (QED) is 0.856. The molecule has 0 aliphatic rings. The fourth-order valence-corrected chi connectivity index (χ4v) is 1.58. The van der Waals surface area contributed by atoms with Crippen molar-refractivity contribution in [3.63, 3.8) is 0 Å². The lowest BCUT2D eigenvalue weighted by Gasteiger charge is -2.05. The third kappa shape index (κ3) is 1.86. The van der Waals surface area contributed by atoms with E-state index in [-0.39, 0.29) is 0 Å². The molecule has 1 aromatic heterocycles. The van der Waals surface area contributed by atoms with Crippen LogP contribution in [0.15, 0.2) is 30.3 Å². The lowest BCUT2D eigenvalue weighted by atomic mass is 10.3. The number of hydrogen-bond donors (Lipinski definition) is 1. The van der Waals surface area contributed by atoms with Gasteiger partial charge in [-0.3, -0.25) is 0 Å². The Labute approximate surface area is 94.9 Å². The summed E-state index contributed by atoms with van der Waals surface area (Å²) in [6, 6.07) is 9.98. The third-order valence-corrected chi connectivity index (χ3v) is 2.47. The normalized spacial score (nSPS) is 10.2. The predicted octanol–water partition coefficient (Wildman–Crippen LogP) is 2.23. The van der Waals surface area contributed by atoms with Gasteiger partial charge in [-0.05, 0) is 31.2 Å². The van der Waals surface area contributed by atoms with E-state index in [1.54, 1.807) is 7.11 Å². The maximum absolute atomic E-state index is 5.10. The minimum atomic E-state index is 0.634. The van der Waals surface area contributed by atoms with Crippen molar-refractivity contribution < 1.29 is 4.74 Å². The molecule has 0 spiro atoms. The van der Waals surface area contributed by atoms with E-state index in [9.17, 15) is 0 Å². The Morgan fingerprint density at radius 2 is 1.94 bits per heavy atom. The second kappa shape index (κ2) is 4.26. The lowest BCUT2D eigenvalue weighted by Crippen LogP contribution is -1.99. The number of aromatic nitrogens is 2. The van der Waals surface area contributed by atoms with Gasteiger partial charge in [-0.2, -0.15) is 0 Å². The summed E-state index contributed by atoms with van der Waals surface area (Å²) >= 11 is 0. The molecule has 84 valence electrons. The molecule has 2 aromatic rings. The molecule has 16 heavy (non-hydrogen) atoms. The zero-order valence-corrected chi connectivity index (χ0v) is 9.69. The van der Waals surface area contributed by atoms with Crippen LogP contribution >= 0.6 is 0 Å². The summed E-state index contributed by atoms with van der Waals surface area (Å²) in [7, 11) is 3.52. The highest BCUT2D eigenvalue weighted by atomic mass is 16.5. The summed E-state index contributed by atoms with van der Waals surface area (Å²) in [5.41, 5.74) is 3.16. The Kier molecular flexibility index (Phi) is 2.81. The van der Waals surface area contributed by atoms with Gasteiger partial charge in [-0.25, -0.2) is 4.68 Å². The summed E-state index contributed by atoms with van der Waals surface area (Å²) in [4.78, 5) is 0. The van der Waals surface area contributed by atoms with Crippen molar-refractivity contribution in [3.8, 4) is 11.6 Å². The Morgan fingerprint density at radius 3 is 2.44 bits per heavy atom. The van der Waals surface area contributed by atoms with Crippen molar-refractivity contribution in [2.45, 2.75) is 6.92 Å².